The van der Waals surface area contributed by atoms with Gasteiger partial charge in [-0.3, -0.25) is 14.4 Å². The Labute approximate surface area is 148 Å². The van der Waals surface area contributed by atoms with Crippen molar-refractivity contribution >= 4 is 23.7 Å². The fourth-order valence-electron chi connectivity index (χ4n) is 1.95. The summed E-state index contributed by atoms with van der Waals surface area (Å²) in [6.45, 7) is 0.295. The number of aliphatic carboxylic acids is 1. The van der Waals surface area contributed by atoms with Crippen molar-refractivity contribution in [3.8, 4) is 0 Å². The van der Waals surface area contributed by atoms with Crippen molar-refractivity contribution in [3.05, 3.63) is 18.2 Å². The van der Waals surface area contributed by atoms with Gasteiger partial charge in [-0.2, -0.15) is 0 Å². The fourth-order valence-corrected chi connectivity index (χ4v) is 1.95. The summed E-state index contributed by atoms with van der Waals surface area (Å²) >= 11 is 0. The maximum Gasteiger partial charge on any atom is 0.328 e. The molecule has 0 fully saturated rings. The second kappa shape index (κ2) is 10.1. The third kappa shape index (κ3) is 6.49. The molecule has 26 heavy (non-hydrogen) atoms. The number of nitrogens with zero attached hydrogens (tertiary/aromatic N) is 1. The maximum absolute atomic E-state index is 12.3. The molecule has 0 aliphatic carbocycles. The van der Waals surface area contributed by atoms with Gasteiger partial charge >= 0.3 is 5.97 Å². The highest BCUT2D eigenvalue weighted by Gasteiger charge is 2.28. The summed E-state index contributed by atoms with van der Waals surface area (Å²) in [7, 11) is 0. The number of aromatic amines is 1. The summed E-state index contributed by atoms with van der Waals surface area (Å²) in [4.78, 5) is 53.3. The molecule has 0 bridgehead atoms. The molecule has 0 saturated heterocycles. The number of aliphatic hydroxyl groups is 1. The Balaban J connectivity index is 2.83. The molecule has 1 rings (SSSR count). The number of nitrogens with one attached hydrogen (secondary N) is 4. The van der Waals surface area contributed by atoms with Gasteiger partial charge in [0, 0.05) is 18.3 Å². The lowest BCUT2D eigenvalue weighted by atomic mass is 10.1. The number of hydrogen-bond donors (Lipinski definition) is 7. The number of aliphatic hydroxyl groups excluding tert-OH is 1. The van der Waals surface area contributed by atoms with E-state index in [2.05, 4.69) is 25.9 Å². The third-order valence-corrected chi connectivity index (χ3v) is 3.37. The van der Waals surface area contributed by atoms with Crippen LogP contribution in [0, 0.1) is 0 Å². The lowest BCUT2D eigenvalue weighted by molar-refractivity contribution is -0.143. The molecule has 144 valence electrons. The standard InChI is InChI=1S/C14H22N6O6/c1-7(18-11(22)3-15)12(23)19-9(2-8-4-16-6-17-8)13(24)20-10(5-21)14(25)26/h4,6-7,9-10,21H,2-3,5,15H2,1H3,(H,16,17)(H,18,22)(H,19,23)(H,20,24)(H,25,26)/t7-,9-,10-/m0/s1. The highest BCUT2D eigenvalue weighted by molar-refractivity contribution is 5.93. The summed E-state index contributed by atoms with van der Waals surface area (Å²) < 4.78 is 0. The van der Waals surface area contributed by atoms with Crippen LogP contribution in [-0.4, -0.2) is 75.1 Å². The van der Waals surface area contributed by atoms with Crippen molar-refractivity contribution in [2.24, 2.45) is 5.73 Å². The predicted molar refractivity (Wildman–Crippen MR) is 87.5 cm³/mol. The van der Waals surface area contributed by atoms with E-state index in [1.807, 2.05) is 0 Å². The lowest BCUT2D eigenvalue weighted by Gasteiger charge is -2.22. The van der Waals surface area contributed by atoms with Crippen LogP contribution in [0.5, 0.6) is 0 Å². The van der Waals surface area contributed by atoms with Crippen LogP contribution in [0.1, 0.15) is 12.6 Å². The van der Waals surface area contributed by atoms with Crippen molar-refractivity contribution < 1.29 is 29.4 Å². The summed E-state index contributed by atoms with van der Waals surface area (Å²) in [5.74, 6) is -3.45. The lowest BCUT2D eigenvalue weighted by Crippen LogP contribution is -2.56. The van der Waals surface area contributed by atoms with Crippen LogP contribution in [0.4, 0.5) is 0 Å². The molecule has 1 aromatic rings. The molecule has 8 N–H and O–H groups in total. The molecule has 1 aromatic heterocycles. The molecule has 3 amide bonds. The average molecular weight is 370 g/mol. The van der Waals surface area contributed by atoms with Gasteiger partial charge in [-0.1, -0.05) is 0 Å². The fraction of sp³-hybridized carbons (Fsp3) is 0.500. The quantitative estimate of drug-likeness (QED) is 0.219. The van der Waals surface area contributed by atoms with Crippen LogP contribution in [-0.2, 0) is 25.6 Å². The number of carbonyl (C=O) groups excluding carboxylic acids is 3. The largest absolute Gasteiger partial charge is 0.480 e. The van der Waals surface area contributed by atoms with Crippen molar-refractivity contribution in [2.75, 3.05) is 13.2 Å². The van der Waals surface area contributed by atoms with Crippen LogP contribution in [0.3, 0.4) is 0 Å². The topological polar surface area (TPSA) is 200 Å². The normalized spacial score (nSPS) is 14.0. The van der Waals surface area contributed by atoms with E-state index < -0.39 is 48.4 Å². The van der Waals surface area contributed by atoms with Crippen molar-refractivity contribution in [2.45, 2.75) is 31.5 Å². The molecule has 0 aromatic carbocycles. The molecule has 0 aliphatic rings. The number of carbonyl (C=O) groups is 4. The van der Waals surface area contributed by atoms with Crippen molar-refractivity contribution in [1.29, 1.82) is 0 Å². The number of carboxylic acid groups (broad SMARTS) is 1. The van der Waals surface area contributed by atoms with Gasteiger partial charge in [0.25, 0.3) is 0 Å². The van der Waals surface area contributed by atoms with Gasteiger partial charge in [-0.05, 0) is 6.92 Å². The summed E-state index contributed by atoms with van der Waals surface area (Å²) in [6, 6.07) is -3.64. The number of imidazole rings is 1. The van der Waals surface area contributed by atoms with Crippen molar-refractivity contribution in [3.63, 3.8) is 0 Å². The highest BCUT2D eigenvalue weighted by Crippen LogP contribution is 2.01. The number of rotatable bonds is 10. The summed E-state index contributed by atoms with van der Waals surface area (Å²) in [6.07, 6.45) is 2.81. The molecular weight excluding hydrogens is 348 g/mol. The smallest absolute Gasteiger partial charge is 0.328 e. The number of H-pyrrole nitrogens is 1. The maximum atomic E-state index is 12.3. The number of aromatic nitrogens is 2. The molecule has 0 radical (unpaired) electrons. The summed E-state index contributed by atoms with van der Waals surface area (Å²) in [5.41, 5.74) is 5.67. The van der Waals surface area contributed by atoms with E-state index >= 15 is 0 Å². The Hall–Kier alpha value is -2.99. The van der Waals surface area contributed by atoms with Gasteiger partial charge in [0.05, 0.1) is 19.5 Å². The average Bonchev–Trinajstić information content (AvgIpc) is 3.11. The van der Waals surface area contributed by atoms with Gasteiger partial charge in [-0.15, -0.1) is 0 Å². The molecule has 12 heteroatoms. The molecule has 12 nitrogen and oxygen atoms in total. The van der Waals surface area contributed by atoms with E-state index in [0.717, 1.165) is 0 Å². The molecule has 1 heterocycles. The first kappa shape index (κ1) is 21.1. The Bertz CT molecular complexity index is 634. The van der Waals surface area contributed by atoms with E-state index in [-0.39, 0.29) is 13.0 Å². The first-order valence-corrected chi connectivity index (χ1v) is 7.69. The Kier molecular flexibility index (Phi) is 8.18. The van der Waals surface area contributed by atoms with Crippen LogP contribution < -0.4 is 21.7 Å². The van der Waals surface area contributed by atoms with Crippen molar-refractivity contribution in [1.82, 2.24) is 25.9 Å². The van der Waals surface area contributed by atoms with Crippen LogP contribution in [0.15, 0.2) is 12.5 Å². The minimum Gasteiger partial charge on any atom is -0.480 e. The first-order valence-electron chi connectivity index (χ1n) is 7.69. The molecule has 0 unspecified atom stereocenters. The monoisotopic (exact) mass is 370 g/mol. The minimum atomic E-state index is -1.52. The Morgan fingerprint density at radius 2 is 1.85 bits per heavy atom. The van der Waals surface area contributed by atoms with Gasteiger partial charge in [0.15, 0.2) is 0 Å². The second-order valence-electron chi connectivity index (χ2n) is 5.42. The molecule has 0 spiro atoms. The zero-order valence-corrected chi connectivity index (χ0v) is 14.1. The Morgan fingerprint density at radius 1 is 1.19 bits per heavy atom. The van der Waals surface area contributed by atoms with E-state index in [4.69, 9.17) is 15.9 Å². The van der Waals surface area contributed by atoms with Crippen LogP contribution >= 0.6 is 0 Å². The number of carboxylic acids is 1. The van der Waals surface area contributed by atoms with Gasteiger partial charge in [-0.25, -0.2) is 9.78 Å². The van der Waals surface area contributed by atoms with E-state index in [1.165, 1.54) is 19.4 Å². The third-order valence-electron chi connectivity index (χ3n) is 3.37. The number of amides is 3. The second-order valence-corrected chi connectivity index (χ2v) is 5.42. The highest BCUT2D eigenvalue weighted by atomic mass is 16.4. The van der Waals surface area contributed by atoms with E-state index in [1.54, 1.807) is 0 Å². The SMILES string of the molecule is C[C@H](NC(=O)CN)C(=O)N[C@@H](Cc1cnc[nH]1)C(=O)N[C@@H](CO)C(=O)O. The molecule has 0 saturated carbocycles. The van der Waals surface area contributed by atoms with Gasteiger partial charge in [0.1, 0.15) is 18.1 Å². The van der Waals surface area contributed by atoms with Gasteiger partial charge in [0.2, 0.25) is 17.7 Å². The zero-order valence-electron chi connectivity index (χ0n) is 14.1. The molecule has 3 atom stereocenters. The van der Waals surface area contributed by atoms with E-state index in [0.29, 0.717) is 5.69 Å². The molecular formula is C14H22N6O6. The van der Waals surface area contributed by atoms with Crippen LogP contribution in [0.25, 0.3) is 0 Å². The minimum absolute atomic E-state index is 0.00705. The van der Waals surface area contributed by atoms with Gasteiger partial charge < -0.3 is 36.9 Å². The van der Waals surface area contributed by atoms with Crippen LogP contribution in [0.2, 0.25) is 0 Å². The zero-order chi connectivity index (χ0) is 19.7. The van der Waals surface area contributed by atoms with E-state index in [9.17, 15) is 19.2 Å². The summed E-state index contributed by atoms with van der Waals surface area (Å²) in [5, 5.41) is 24.8. The first-order chi connectivity index (χ1) is 12.3. The Morgan fingerprint density at radius 3 is 2.35 bits per heavy atom. The molecule has 0 aliphatic heterocycles. The predicted octanol–water partition coefficient (Wildman–Crippen LogP) is -3.54. The number of nitrogens with two attached hydrogens (primary N) is 1. The number of hydrogen-bond acceptors (Lipinski definition) is 7.